The molecule has 0 aliphatic rings. The van der Waals surface area contributed by atoms with E-state index in [-0.39, 0.29) is 43.3 Å². The second kappa shape index (κ2) is 16.8. The number of hydrogen-bond donors (Lipinski definition) is 4. The average molecular weight is 654 g/mol. The van der Waals surface area contributed by atoms with Crippen LogP contribution in [0.2, 0.25) is 0 Å². The Morgan fingerprint density at radius 1 is 1.04 bits per heavy atom. The van der Waals surface area contributed by atoms with Gasteiger partial charge >= 0.3 is 24.1 Å². The van der Waals surface area contributed by atoms with Crippen molar-refractivity contribution in [3.05, 3.63) is 16.7 Å². The minimum atomic E-state index is -2.37. The number of nitrogens with two attached hydrogens (primary N) is 1. The van der Waals surface area contributed by atoms with Crippen molar-refractivity contribution in [1.82, 2.24) is 29.3 Å². The maximum atomic E-state index is 14.0. The number of carbonyl (C=O) groups is 4. The maximum absolute atomic E-state index is 14.0. The Hall–Kier alpha value is -4.41. The Bertz CT molecular complexity index is 1410. The number of nitrogens with one attached hydrogen (secondary N) is 1. The summed E-state index contributed by atoms with van der Waals surface area (Å²) in [5.41, 5.74) is 2.26. The molecule has 2 heterocycles. The molecular formula is C29H47N7O10. The number of H-pyrrole nitrogens is 1. The third-order valence-electron chi connectivity index (χ3n) is 7.56. The van der Waals surface area contributed by atoms with E-state index in [0.717, 1.165) is 27.1 Å². The van der Waals surface area contributed by atoms with Crippen LogP contribution < -0.4 is 11.3 Å². The summed E-state index contributed by atoms with van der Waals surface area (Å²) in [6.45, 7) is 9.84. The Morgan fingerprint density at radius 3 is 2.11 bits per heavy atom. The number of rotatable bonds is 18. The van der Waals surface area contributed by atoms with Crippen molar-refractivity contribution < 1.29 is 43.6 Å². The fourth-order valence-electron chi connectivity index (χ4n) is 5.26. The van der Waals surface area contributed by atoms with Gasteiger partial charge in [0.25, 0.3) is 5.56 Å². The number of aliphatic carboxylic acids is 2. The third kappa shape index (κ3) is 8.05. The number of nitrogen functional groups attached to an aromatic ring is 1. The lowest BCUT2D eigenvalue weighted by Gasteiger charge is -2.46. The lowest BCUT2D eigenvalue weighted by Crippen LogP contribution is -2.65. The number of aromatic amines is 1. The number of imidazole rings is 1. The Labute approximate surface area is 267 Å². The monoisotopic (exact) mass is 653 g/mol. The highest BCUT2D eigenvalue weighted by Gasteiger charge is 2.56. The van der Waals surface area contributed by atoms with Crippen molar-refractivity contribution in [1.29, 1.82) is 0 Å². The van der Waals surface area contributed by atoms with E-state index in [1.165, 1.54) is 21.0 Å². The summed E-state index contributed by atoms with van der Waals surface area (Å²) < 4.78 is 17.7. The van der Waals surface area contributed by atoms with Crippen LogP contribution in [0, 0.1) is 11.8 Å². The zero-order valence-corrected chi connectivity index (χ0v) is 27.5. The average Bonchev–Trinajstić information content (AvgIpc) is 3.39. The number of carbonyl (C=O) groups excluding carboxylic acids is 2. The van der Waals surface area contributed by atoms with Crippen LogP contribution in [0.25, 0.3) is 11.2 Å². The van der Waals surface area contributed by atoms with Gasteiger partial charge in [-0.2, -0.15) is 4.98 Å². The van der Waals surface area contributed by atoms with Gasteiger partial charge in [0, 0.05) is 26.0 Å². The smallest absolute Gasteiger partial charge is 0.414 e. The predicted molar refractivity (Wildman–Crippen MR) is 166 cm³/mol. The molecule has 3 atom stereocenters. The fourth-order valence-corrected chi connectivity index (χ4v) is 5.26. The van der Waals surface area contributed by atoms with Gasteiger partial charge < -0.3 is 30.2 Å². The minimum absolute atomic E-state index is 0.0457. The molecule has 0 fully saturated rings. The Kier molecular flexibility index (Phi) is 13.8. The summed E-state index contributed by atoms with van der Waals surface area (Å²) in [6, 6.07) is -1.30. The molecule has 0 spiro atoms. The molecule has 2 aromatic rings. The summed E-state index contributed by atoms with van der Waals surface area (Å²) in [6.07, 6.45) is -0.117. The molecule has 0 aromatic carbocycles. The van der Waals surface area contributed by atoms with Crippen LogP contribution in [0.5, 0.6) is 0 Å². The van der Waals surface area contributed by atoms with Gasteiger partial charge in [-0.05, 0) is 18.8 Å². The molecule has 2 aromatic heterocycles. The van der Waals surface area contributed by atoms with Crippen LogP contribution in [-0.2, 0) is 29.5 Å². The van der Waals surface area contributed by atoms with Crippen molar-refractivity contribution >= 4 is 41.2 Å². The zero-order chi connectivity index (χ0) is 34.8. The van der Waals surface area contributed by atoms with E-state index in [1.54, 1.807) is 13.8 Å². The van der Waals surface area contributed by atoms with Crippen LogP contribution >= 0.6 is 0 Å². The van der Waals surface area contributed by atoms with E-state index in [0.29, 0.717) is 19.3 Å². The quantitative estimate of drug-likeness (QED) is 0.134. The number of fused-ring (bicyclic) bond motifs is 1. The number of methoxy groups -OCH3 is 1. The van der Waals surface area contributed by atoms with Gasteiger partial charge in [0.2, 0.25) is 11.6 Å². The molecule has 1 unspecified atom stereocenters. The van der Waals surface area contributed by atoms with Gasteiger partial charge in [0.1, 0.15) is 12.3 Å². The first-order valence-corrected chi connectivity index (χ1v) is 15.3. The molecule has 2 rings (SSSR count). The predicted octanol–water partition coefficient (Wildman–Crippen LogP) is 3.04. The summed E-state index contributed by atoms with van der Waals surface area (Å²) in [4.78, 5) is 78.0. The minimum Gasteiger partial charge on any atom is -0.480 e. The highest BCUT2D eigenvalue weighted by atomic mass is 16.6. The van der Waals surface area contributed by atoms with Gasteiger partial charge in [-0.15, -0.1) is 0 Å². The number of carboxylic acids is 2. The molecule has 0 saturated heterocycles. The standard InChI is InChI=1S/C29H47N7O10/c1-8-10-14-45-27(42)34(21(17(3)4)24(38)39)13-12-19(44-7)36(28(43)46-15-11-9-2)29(18(5)6,25(40)41)35-16-31-20-22(35)32-26(30)33-23(20)37/h16-19,21H,8-15H2,1-7H3,(H,38,39)(H,40,41)(H3,30,32,33,37)/t19?,21-,29-/m0/s1. The highest BCUT2D eigenvalue weighted by molar-refractivity contribution is 5.85. The molecule has 17 nitrogen and oxygen atoms in total. The van der Waals surface area contributed by atoms with Crippen LogP contribution in [0.4, 0.5) is 15.5 Å². The van der Waals surface area contributed by atoms with Crippen LogP contribution in [0.15, 0.2) is 11.1 Å². The number of hydrogen-bond acceptors (Lipinski definition) is 11. The molecule has 0 aliphatic carbocycles. The second-order valence-electron chi connectivity index (χ2n) is 11.4. The van der Waals surface area contributed by atoms with E-state index < -0.39 is 59.5 Å². The molecule has 5 N–H and O–H groups in total. The number of ether oxygens (including phenoxy) is 3. The van der Waals surface area contributed by atoms with Gasteiger partial charge in [-0.3, -0.25) is 19.2 Å². The lowest BCUT2D eigenvalue weighted by atomic mass is 9.92. The summed E-state index contributed by atoms with van der Waals surface area (Å²) in [5.74, 6) is -4.61. The van der Waals surface area contributed by atoms with E-state index in [1.807, 2.05) is 13.8 Å². The summed E-state index contributed by atoms with van der Waals surface area (Å²) in [5, 5.41) is 21.0. The van der Waals surface area contributed by atoms with Crippen LogP contribution in [-0.4, -0.2) is 103 Å². The van der Waals surface area contributed by atoms with Crippen molar-refractivity contribution in [2.75, 3.05) is 32.6 Å². The largest absolute Gasteiger partial charge is 0.480 e. The fraction of sp³-hybridized carbons (Fsp3) is 0.690. The molecule has 0 radical (unpaired) electrons. The number of amides is 2. The Morgan fingerprint density at radius 2 is 1.63 bits per heavy atom. The molecule has 0 bridgehead atoms. The van der Waals surface area contributed by atoms with Gasteiger partial charge in [0.05, 0.1) is 19.5 Å². The van der Waals surface area contributed by atoms with Gasteiger partial charge in [-0.25, -0.2) is 29.1 Å². The lowest BCUT2D eigenvalue weighted by molar-refractivity contribution is -0.180. The van der Waals surface area contributed by atoms with Crippen molar-refractivity contribution in [3.8, 4) is 0 Å². The van der Waals surface area contributed by atoms with E-state index >= 15 is 0 Å². The highest BCUT2D eigenvalue weighted by Crippen LogP contribution is 2.37. The number of unbranched alkanes of at least 4 members (excludes halogenated alkanes) is 2. The topological polar surface area (TPSA) is 232 Å². The Balaban J connectivity index is 2.78. The van der Waals surface area contributed by atoms with E-state index in [4.69, 9.17) is 19.9 Å². The number of nitrogens with zero attached hydrogens (tertiary/aromatic N) is 5. The number of carboxylic acid groups (broad SMARTS) is 2. The van der Waals surface area contributed by atoms with Crippen molar-refractivity contribution in [2.45, 2.75) is 91.6 Å². The molecule has 46 heavy (non-hydrogen) atoms. The number of anilines is 1. The summed E-state index contributed by atoms with van der Waals surface area (Å²) >= 11 is 0. The van der Waals surface area contributed by atoms with Gasteiger partial charge in [-0.1, -0.05) is 54.4 Å². The maximum Gasteiger partial charge on any atom is 0.414 e. The van der Waals surface area contributed by atoms with Crippen LogP contribution in [0.1, 0.15) is 73.6 Å². The first-order valence-electron chi connectivity index (χ1n) is 15.3. The second-order valence-corrected chi connectivity index (χ2v) is 11.4. The first-order chi connectivity index (χ1) is 21.7. The molecule has 0 saturated carbocycles. The first kappa shape index (κ1) is 37.8. The molecule has 0 aliphatic heterocycles. The van der Waals surface area contributed by atoms with E-state index in [2.05, 4.69) is 15.0 Å². The van der Waals surface area contributed by atoms with Gasteiger partial charge in [0.15, 0.2) is 11.2 Å². The van der Waals surface area contributed by atoms with Crippen LogP contribution in [0.3, 0.4) is 0 Å². The molecule has 17 heteroatoms. The number of aromatic nitrogens is 4. The normalized spacial score (nSPS) is 14.1. The third-order valence-corrected chi connectivity index (χ3v) is 7.56. The summed E-state index contributed by atoms with van der Waals surface area (Å²) in [7, 11) is 1.23. The SMILES string of the molecule is CCCCOC(=O)N(CCC(OC)N(C(=O)OCCCC)[C@](C(=O)O)(C(C)C)n1cnc2c(=O)[nH]c(N)nc21)[C@H](C(=O)O)C(C)C. The van der Waals surface area contributed by atoms with Crippen molar-refractivity contribution in [3.63, 3.8) is 0 Å². The zero-order valence-electron chi connectivity index (χ0n) is 27.5. The van der Waals surface area contributed by atoms with E-state index in [9.17, 15) is 34.2 Å². The molecule has 2 amide bonds. The molecule has 258 valence electrons. The van der Waals surface area contributed by atoms with Crippen molar-refractivity contribution in [2.24, 2.45) is 11.8 Å². The molecular weight excluding hydrogens is 606 g/mol.